The lowest BCUT2D eigenvalue weighted by atomic mass is 10.2. The van der Waals surface area contributed by atoms with E-state index in [1.54, 1.807) is 30.3 Å². The summed E-state index contributed by atoms with van der Waals surface area (Å²) in [7, 11) is -3.82. The monoisotopic (exact) mass is 302 g/mol. The minimum absolute atomic E-state index is 0.218. The van der Waals surface area contributed by atoms with Gasteiger partial charge in [0.15, 0.2) is 5.03 Å². The van der Waals surface area contributed by atoms with Crippen LogP contribution in [0.1, 0.15) is 10.4 Å². The Bertz CT molecular complexity index is 867. The maximum absolute atomic E-state index is 12.2. The maximum Gasteiger partial charge on any atom is 0.287 e. The van der Waals surface area contributed by atoms with Crippen LogP contribution in [0.4, 0.5) is 0 Å². The lowest BCUT2D eigenvalue weighted by molar-refractivity contribution is 0.0959. The molecule has 0 aliphatic rings. The van der Waals surface area contributed by atoms with Gasteiger partial charge in [-0.05, 0) is 12.1 Å². The zero-order valence-corrected chi connectivity index (χ0v) is 11.5. The van der Waals surface area contributed by atoms with Crippen molar-refractivity contribution in [3.05, 3.63) is 67.1 Å². The zero-order valence-electron chi connectivity index (χ0n) is 10.7. The molecule has 21 heavy (non-hydrogen) atoms. The SMILES string of the molecule is O=C(c1ccccc1)n1cnc(S(=O)(=O)n2ccnc2)c1. The molecule has 0 saturated carbocycles. The molecule has 8 heteroatoms. The lowest BCUT2D eigenvalue weighted by Crippen LogP contribution is -2.12. The Morgan fingerprint density at radius 1 is 1.10 bits per heavy atom. The minimum atomic E-state index is -3.82. The second-order valence-corrected chi connectivity index (χ2v) is 5.98. The number of hydrogen-bond acceptors (Lipinski definition) is 5. The lowest BCUT2D eigenvalue weighted by Gasteiger charge is -2.01. The molecule has 0 fully saturated rings. The van der Waals surface area contributed by atoms with Crippen molar-refractivity contribution >= 4 is 15.9 Å². The van der Waals surface area contributed by atoms with Gasteiger partial charge in [0.1, 0.15) is 12.7 Å². The first-order chi connectivity index (χ1) is 10.1. The highest BCUT2D eigenvalue weighted by molar-refractivity contribution is 7.89. The summed E-state index contributed by atoms with van der Waals surface area (Å²) in [5.41, 5.74) is 0.446. The fraction of sp³-hybridized carbons (Fsp3) is 0. The molecular formula is C13H10N4O3S. The number of carbonyl (C=O) groups is 1. The molecular weight excluding hydrogens is 292 g/mol. The van der Waals surface area contributed by atoms with Crippen LogP contribution in [0, 0.1) is 0 Å². The van der Waals surface area contributed by atoms with Crippen LogP contribution in [0.2, 0.25) is 0 Å². The van der Waals surface area contributed by atoms with Gasteiger partial charge in [-0.25, -0.2) is 13.9 Å². The number of nitrogens with zero attached hydrogens (tertiary/aromatic N) is 4. The van der Waals surface area contributed by atoms with Crippen molar-refractivity contribution in [3.8, 4) is 0 Å². The summed E-state index contributed by atoms with van der Waals surface area (Å²) in [5.74, 6) is -0.352. The molecule has 0 aliphatic heterocycles. The second kappa shape index (κ2) is 4.98. The number of hydrogen-bond donors (Lipinski definition) is 0. The highest BCUT2D eigenvalue weighted by atomic mass is 32.2. The number of carbonyl (C=O) groups excluding carboxylic acids is 1. The fourth-order valence-electron chi connectivity index (χ4n) is 1.78. The quantitative estimate of drug-likeness (QED) is 0.720. The Kier molecular flexibility index (Phi) is 3.15. The van der Waals surface area contributed by atoms with E-state index in [0.29, 0.717) is 5.56 Å². The fourth-order valence-corrected chi connectivity index (χ4v) is 2.81. The van der Waals surface area contributed by atoms with Gasteiger partial charge in [-0.2, -0.15) is 8.42 Å². The third-order valence-corrected chi connectivity index (χ3v) is 4.35. The average Bonchev–Trinajstić information content (AvgIpc) is 3.19. The van der Waals surface area contributed by atoms with Crippen molar-refractivity contribution in [1.29, 1.82) is 0 Å². The van der Waals surface area contributed by atoms with Crippen LogP contribution in [-0.2, 0) is 10.0 Å². The second-order valence-electron chi connectivity index (χ2n) is 4.19. The summed E-state index contributed by atoms with van der Waals surface area (Å²) < 4.78 is 26.5. The van der Waals surface area contributed by atoms with E-state index < -0.39 is 10.0 Å². The minimum Gasteiger partial charge on any atom is -0.271 e. The zero-order chi connectivity index (χ0) is 14.9. The molecule has 0 unspecified atom stereocenters. The van der Waals surface area contributed by atoms with Gasteiger partial charge in [-0.1, -0.05) is 18.2 Å². The molecule has 0 radical (unpaired) electrons. The van der Waals surface area contributed by atoms with Crippen LogP contribution < -0.4 is 0 Å². The molecule has 0 bridgehead atoms. The molecule has 106 valence electrons. The van der Waals surface area contributed by atoms with Crippen LogP contribution in [0.3, 0.4) is 0 Å². The van der Waals surface area contributed by atoms with Gasteiger partial charge in [0, 0.05) is 18.0 Å². The molecule has 0 N–H and O–H groups in total. The highest BCUT2D eigenvalue weighted by Gasteiger charge is 2.21. The van der Waals surface area contributed by atoms with Crippen molar-refractivity contribution in [2.45, 2.75) is 5.03 Å². The summed E-state index contributed by atoms with van der Waals surface area (Å²) in [6.45, 7) is 0. The standard InChI is InChI=1S/C13H10N4O3S/c18-13(11-4-2-1-3-5-11)16-8-12(15-10-16)21(19,20)17-7-6-14-9-17/h1-10H. The van der Waals surface area contributed by atoms with Crippen LogP contribution >= 0.6 is 0 Å². The van der Waals surface area contributed by atoms with Crippen molar-refractivity contribution in [2.24, 2.45) is 0 Å². The largest absolute Gasteiger partial charge is 0.287 e. The van der Waals surface area contributed by atoms with Crippen LogP contribution in [-0.4, -0.2) is 32.8 Å². The molecule has 7 nitrogen and oxygen atoms in total. The maximum atomic E-state index is 12.2. The molecule has 2 aromatic heterocycles. The van der Waals surface area contributed by atoms with Gasteiger partial charge >= 0.3 is 0 Å². The van der Waals surface area contributed by atoms with E-state index in [4.69, 9.17) is 0 Å². The third kappa shape index (κ3) is 2.36. The van der Waals surface area contributed by atoms with E-state index in [-0.39, 0.29) is 10.9 Å². The first kappa shape index (κ1) is 13.3. The first-order valence-electron chi connectivity index (χ1n) is 5.96. The summed E-state index contributed by atoms with van der Waals surface area (Å²) >= 11 is 0. The molecule has 3 aromatic rings. The number of aromatic nitrogens is 4. The highest BCUT2D eigenvalue weighted by Crippen LogP contribution is 2.11. The van der Waals surface area contributed by atoms with Crippen molar-refractivity contribution in [1.82, 2.24) is 18.5 Å². The van der Waals surface area contributed by atoms with Gasteiger partial charge in [-0.3, -0.25) is 9.36 Å². The van der Waals surface area contributed by atoms with Crippen LogP contribution in [0.25, 0.3) is 0 Å². The molecule has 0 saturated heterocycles. The Balaban J connectivity index is 1.96. The van der Waals surface area contributed by atoms with Gasteiger partial charge in [0.05, 0.1) is 6.20 Å². The molecule has 3 rings (SSSR count). The van der Waals surface area contributed by atoms with E-state index >= 15 is 0 Å². The van der Waals surface area contributed by atoms with Gasteiger partial charge in [-0.15, -0.1) is 0 Å². The summed E-state index contributed by atoms with van der Waals surface area (Å²) in [6.07, 6.45) is 6.17. The van der Waals surface area contributed by atoms with Crippen LogP contribution in [0.5, 0.6) is 0 Å². The number of rotatable bonds is 3. The summed E-state index contributed by atoms with van der Waals surface area (Å²) in [6, 6.07) is 8.54. The molecule has 0 aliphatic carbocycles. The Morgan fingerprint density at radius 2 is 1.86 bits per heavy atom. The number of benzene rings is 1. The number of imidazole rings is 2. The van der Waals surface area contributed by atoms with Crippen molar-refractivity contribution in [3.63, 3.8) is 0 Å². The van der Waals surface area contributed by atoms with Gasteiger partial charge in [0.25, 0.3) is 15.9 Å². The van der Waals surface area contributed by atoms with E-state index in [0.717, 1.165) is 14.9 Å². The Hall–Kier alpha value is -2.74. The van der Waals surface area contributed by atoms with E-state index in [2.05, 4.69) is 9.97 Å². The van der Waals surface area contributed by atoms with Gasteiger partial charge in [0.2, 0.25) is 0 Å². The molecule has 0 atom stereocenters. The molecule has 2 heterocycles. The Morgan fingerprint density at radius 3 is 2.52 bits per heavy atom. The average molecular weight is 302 g/mol. The molecule has 1 aromatic carbocycles. The smallest absolute Gasteiger partial charge is 0.271 e. The van der Waals surface area contributed by atoms with E-state index in [1.807, 2.05) is 0 Å². The summed E-state index contributed by atoms with van der Waals surface area (Å²) in [4.78, 5) is 19.7. The topological polar surface area (TPSA) is 86.9 Å². The molecule has 0 spiro atoms. The van der Waals surface area contributed by atoms with Crippen molar-refractivity contribution in [2.75, 3.05) is 0 Å². The Labute approximate surface area is 120 Å². The summed E-state index contributed by atoms with van der Waals surface area (Å²) in [5, 5.41) is -0.218. The molecule has 0 amide bonds. The predicted octanol–water partition coefficient (Wildman–Crippen LogP) is 1.01. The van der Waals surface area contributed by atoms with Crippen LogP contribution in [0.15, 0.2) is 66.6 Å². The normalized spacial score (nSPS) is 11.4. The third-order valence-electron chi connectivity index (χ3n) is 2.84. The van der Waals surface area contributed by atoms with E-state index in [9.17, 15) is 13.2 Å². The van der Waals surface area contributed by atoms with Gasteiger partial charge < -0.3 is 0 Å². The van der Waals surface area contributed by atoms with E-state index in [1.165, 1.54) is 24.9 Å². The first-order valence-corrected chi connectivity index (χ1v) is 7.40. The van der Waals surface area contributed by atoms with Crippen molar-refractivity contribution < 1.29 is 13.2 Å². The predicted molar refractivity (Wildman–Crippen MR) is 73.2 cm³/mol.